The van der Waals surface area contributed by atoms with Crippen molar-refractivity contribution in [3.05, 3.63) is 58.1 Å². The van der Waals surface area contributed by atoms with E-state index in [1.165, 1.54) is 0 Å². The highest BCUT2D eigenvalue weighted by atomic mass is 35.5. The second kappa shape index (κ2) is 4.90. The Morgan fingerprint density at radius 1 is 1.05 bits per heavy atom. The first kappa shape index (κ1) is 13.4. The van der Waals surface area contributed by atoms with Crippen LogP contribution in [0.5, 0.6) is 0 Å². The van der Waals surface area contributed by atoms with Crippen molar-refractivity contribution < 1.29 is 4.57 Å². The maximum absolute atomic E-state index is 6.36. The van der Waals surface area contributed by atoms with Crippen LogP contribution in [0.2, 0.25) is 10.0 Å². The predicted molar refractivity (Wildman–Crippen MR) is 88.3 cm³/mol. The average Bonchev–Trinajstić information content (AvgIpc) is 2.84. The molecule has 0 radical (unpaired) electrons. The molecule has 2 aromatic carbocycles. The van der Waals surface area contributed by atoms with Crippen LogP contribution in [0.15, 0.2) is 47.5 Å². The van der Waals surface area contributed by atoms with E-state index < -0.39 is 6.17 Å². The van der Waals surface area contributed by atoms with Gasteiger partial charge in [-0.15, -0.1) is 0 Å². The second-order valence-electron chi connectivity index (χ2n) is 5.01. The number of aromatic amines is 1. The van der Waals surface area contributed by atoms with E-state index in [0.29, 0.717) is 16.0 Å². The molecule has 5 nitrogen and oxygen atoms in total. The Balaban J connectivity index is 2.03. The molecule has 1 aromatic heterocycles. The van der Waals surface area contributed by atoms with E-state index in [-0.39, 0.29) is 0 Å². The first-order valence-corrected chi connectivity index (χ1v) is 7.47. The summed E-state index contributed by atoms with van der Waals surface area (Å²) in [5.74, 6) is 1.06. The monoisotopic (exact) mass is 332 g/mol. The van der Waals surface area contributed by atoms with E-state index in [9.17, 15) is 0 Å². The van der Waals surface area contributed by atoms with Gasteiger partial charge in [-0.1, -0.05) is 41.4 Å². The van der Waals surface area contributed by atoms with E-state index in [1.807, 2.05) is 34.9 Å². The van der Waals surface area contributed by atoms with Crippen LogP contribution in [-0.4, -0.2) is 10.9 Å². The summed E-state index contributed by atoms with van der Waals surface area (Å²) in [6.07, 6.45) is -0.423. The van der Waals surface area contributed by atoms with Crippen molar-refractivity contribution in [2.45, 2.75) is 6.17 Å². The molecule has 0 fully saturated rings. The lowest BCUT2D eigenvalue weighted by Gasteiger charge is -2.19. The number of fused-ring (bicyclic) bond motifs is 3. The number of hydrogen-bond donors (Lipinski definition) is 3. The fourth-order valence-corrected chi connectivity index (χ4v) is 3.33. The van der Waals surface area contributed by atoms with Gasteiger partial charge in [-0.25, -0.2) is 14.9 Å². The molecule has 3 aromatic rings. The fourth-order valence-electron chi connectivity index (χ4n) is 2.74. The maximum Gasteiger partial charge on any atom is 0.365 e. The molecule has 4 rings (SSSR count). The van der Waals surface area contributed by atoms with Crippen LogP contribution in [0.4, 0.5) is 5.95 Å². The lowest BCUT2D eigenvalue weighted by molar-refractivity contribution is -0.674. The predicted octanol–water partition coefficient (Wildman–Crippen LogP) is 3.05. The molecule has 2 heterocycles. The zero-order chi connectivity index (χ0) is 15.3. The number of halogens is 2. The first-order chi connectivity index (χ1) is 10.6. The Hall–Kier alpha value is -2.24. The number of aromatic nitrogens is 2. The van der Waals surface area contributed by atoms with Crippen molar-refractivity contribution in [2.24, 2.45) is 10.7 Å². The molecule has 110 valence electrons. The third kappa shape index (κ3) is 1.94. The molecule has 0 saturated carbocycles. The molecule has 0 unspecified atom stereocenters. The minimum atomic E-state index is -0.423. The summed E-state index contributed by atoms with van der Waals surface area (Å²) < 4.78 is 2.00. The van der Waals surface area contributed by atoms with Crippen LogP contribution in [0.25, 0.3) is 11.0 Å². The SMILES string of the molecule is NC1=N[C@@H](c2c(Cl)cccc2Cl)[n+]2c([nH]c3ccccc32)N1. The summed E-state index contributed by atoms with van der Waals surface area (Å²) in [6.45, 7) is 0. The largest absolute Gasteiger partial charge is 0.365 e. The minimum Gasteiger partial charge on any atom is -0.357 e. The van der Waals surface area contributed by atoms with Gasteiger partial charge >= 0.3 is 5.95 Å². The number of nitrogens with two attached hydrogens (primary N) is 1. The van der Waals surface area contributed by atoms with E-state index in [1.54, 1.807) is 12.1 Å². The highest BCUT2D eigenvalue weighted by Gasteiger charge is 2.33. The van der Waals surface area contributed by atoms with Crippen LogP contribution >= 0.6 is 23.2 Å². The molecule has 0 saturated heterocycles. The number of nitrogens with zero attached hydrogens (tertiary/aromatic N) is 2. The van der Waals surface area contributed by atoms with Crippen molar-refractivity contribution in [2.75, 3.05) is 5.32 Å². The van der Waals surface area contributed by atoms with Gasteiger partial charge in [0.25, 0.3) is 5.96 Å². The Bertz CT molecular complexity index is 895. The number of imidazole rings is 1. The molecule has 1 aliphatic heterocycles. The van der Waals surface area contributed by atoms with Crippen LogP contribution in [-0.2, 0) is 0 Å². The van der Waals surface area contributed by atoms with E-state index in [0.717, 1.165) is 22.5 Å². The Morgan fingerprint density at radius 3 is 2.55 bits per heavy atom. The standard InChI is InChI=1S/C15H11Cl2N5/c16-8-4-3-5-9(17)12(8)13-20-14(18)21-15-19-10-6-1-2-7-11(10)22(13)15/h1-7,13H,(H3,18,19,20,21)/p+1/t13-/m1/s1. The van der Waals surface area contributed by atoms with Crippen LogP contribution in [0.3, 0.4) is 0 Å². The second-order valence-corrected chi connectivity index (χ2v) is 5.82. The number of anilines is 1. The summed E-state index contributed by atoms with van der Waals surface area (Å²) in [7, 11) is 0. The van der Waals surface area contributed by atoms with Crippen molar-refractivity contribution in [1.82, 2.24) is 4.98 Å². The number of rotatable bonds is 1. The van der Waals surface area contributed by atoms with Crippen molar-refractivity contribution in [1.29, 1.82) is 0 Å². The molecule has 1 aliphatic rings. The topological polar surface area (TPSA) is 70.1 Å². The van der Waals surface area contributed by atoms with Crippen LogP contribution < -0.4 is 15.6 Å². The lowest BCUT2D eigenvalue weighted by atomic mass is 10.1. The van der Waals surface area contributed by atoms with Gasteiger partial charge in [0.1, 0.15) is 11.0 Å². The molecule has 22 heavy (non-hydrogen) atoms. The zero-order valence-corrected chi connectivity index (χ0v) is 12.9. The number of hydrogen-bond acceptors (Lipinski definition) is 3. The van der Waals surface area contributed by atoms with Crippen LogP contribution in [0.1, 0.15) is 11.7 Å². The molecule has 1 atom stereocenters. The molecular weight excluding hydrogens is 321 g/mol. The molecule has 7 heteroatoms. The van der Waals surface area contributed by atoms with Crippen molar-refractivity contribution in [3.63, 3.8) is 0 Å². The summed E-state index contributed by atoms with van der Waals surface area (Å²) in [4.78, 5) is 7.79. The molecule has 0 bridgehead atoms. The Kier molecular flexibility index (Phi) is 2.99. The van der Waals surface area contributed by atoms with Crippen LogP contribution in [0, 0.1) is 0 Å². The van der Waals surface area contributed by atoms with Gasteiger partial charge in [-0.05, 0) is 24.3 Å². The number of guanidine groups is 1. The molecular formula is C15H12Cl2N5+. The van der Waals surface area contributed by atoms with Gasteiger partial charge in [0.2, 0.25) is 6.17 Å². The van der Waals surface area contributed by atoms with Gasteiger partial charge in [0.05, 0.1) is 10.0 Å². The highest BCUT2D eigenvalue weighted by Crippen LogP contribution is 2.33. The summed E-state index contributed by atoms with van der Waals surface area (Å²) in [5.41, 5.74) is 8.61. The minimum absolute atomic E-state index is 0.313. The number of H-pyrrole nitrogens is 1. The van der Waals surface area contributed by atoms with E-state index in [4.69, 9.17) is 28.9 Å². The first-order valence-electron chi connectivity index (χ1n) is 6.71. The quantitative estimate of drug-likeness (QED) is 0.599. The third-order valence-electron chi connectivity index (χ3n) is 3.67. The highest BCUT2D eigenvalue weighted by molar-refractivity contribution is 6.36. The van der Waals surface area contributed by atoms with Gasteiger partial charge in [0.15, 0.2) is 0 Å². The van der Waals surface area contributed by atoms with Crippen molar-refractivity contribution >= 4 is 46.1 Å². The Morgan fingerprint density at radius 2 is 1.77 bits per heavy atom. The van der Waals surface area contributed by atoms with Gasteiger partial charge in [-0.3, -0.25) is 0 Å². The smallest absolute Gasteiger partial charge is 0.357 e. The maximum atomic E-state index is 6.36. The van der Waals surface area contributed by atoms with E-state index >= 15 is 0 Å². The molecule has 4 N–H and O–H groups in total. The van der Waals surface area contributed by atoms with E-state index in [2.05, 4.69) is 15.3 Å². The Labute approximate surface area is 136 Å². The molecule has 0 spiro atoms. The molecule has 0 aliphatic carbocycles. The zero-order valence-electron chi connectivity index (χ0n) is 11.3. The number of aliphatic imine (C=N–C) groups is 1. The third-order valence-corrected chi connectivity index (χ3v) is 4.33. The van der Waals surface area contributed by atoms with Gasteiger partial charge < -0.3 is 5.73 Å². The van der Waals surface area contributed by atoms with Crippen molar-refractivity contribution in [3.8, 4) is 0 Å². The normalized spacial score (nSPS) is 17.0. The number of benzene rings is 2. The summed E-state index contributed by atoms with van der Waals surface area (Å²) in [6, 6.07) is 13.3. The number of nitrogens with one attached hydrogen (secondary N) is 2. The van der Waals surface area contributed by atoms with Gasteiger partial charge in [-0.2, -0.15) is 4.99 Å². The summed E-state index contributed by atoms with van der Waals surface area (Å²) in [5, 5.41) is 4.15. The lowest BCUT2D eigenvalue weighted by Crippen LogP contribution is -2.48. The van der Waals surface area contributed by atoms with Gasteiger partial charge in [0, 0.05) is 5.56 Å². The average molecular weight is 333 g/mol. The summed E-state index contributed by atoms with van der Waals surface area (Å²) >= 11 is 12.7. The number of para-hydroxylation sites is 2. The fraction of sp³-hybridized carbons (Fsp3) is 0.0667. The molecule has 0 amide bonds.